The van der Waals surface area contributed by atoms with Gasteiger partial charge < -0.3 is 15.5 Å². The largest absolute Gasteiger partial charge is 0.409 e. The van der Waals surface area contributed by atoms with E-state index in [1.165, 1.54) is 12.1 Å². The molecule has 106 valence electrons. The normalized spacial score (nSPS) is 12.0. The third kappa shape index (κ3) is 2.45. The second-order valence-corrected chi connectivity index (χ2v) is 4.80. The second kappa shape index (κ2) is 5.28. The number of oxime groups is 1. The summed E-state index contributed by atoms with van der Waals surface area (Å²) in [6.07, 6.45) is 1.91. The zero-order chi connectivity index (χ0) is 14.8. The molecule has 0 unspecified atom stereocenters. The molecule has 0 fully saturated rings. The highest BCUT2D eigenvalue weighted by atomic mass is 19.1. The van der Waals surface area contributed by atoms with Gasteiger partial charge in [0.15, 0.2) is 5.84 Å². The highest BCUT2D eigenvalue weighted by Gasteiger charge is 2.09. The molecule has 5 heteroatoms. The molecule has 1 heterocycles. The number of amidine groups is 1. The highest BCUT2D eigenvalue weighted by Crippen LogP contribution is 2.21. The summed E-state index contributed by atoms with van der Waals surface area (Å²) >= 11 is 0. The first kappa shape index (κ1) is 13.2. The first-order valence-electron chi connectivity index (χ1n) is 6.49. The van der Waals surface area contributed by atoms with Crippen molar-refractivity contribution in [2.45, 2.75) is 6.54 Å². The van der Waals surface area contributed by atoms with Crippen LogP contribution in [0.5, 0.6) is 0 Å². The molecule has 0 amide bonds. The summed E-state index contributed by atoms with van der Waals surface area (Å²) in [6.45, 7) is 0.556. The molecule has 1 aromatic heterocycles. The molecule has 3 rings (SSSR count). The van der Waals surface area contributed by atoms with Gasteiger partial charge in [0, 0.05) is 29.2 Å². The Kier molecular flexibility index (Phi) is 3.31. The van der Waals surface area contributed by atoms with E-state index in [0.29, 0.717) is 12.1 Å². The van der Waals surface area contributed by atoms with Crippen LogP contribution in [0.3, 0.4) is 0 Å². The third-order valence-corrected chi connectivity index (χ3v) is 3.44. The highest BCUT2D eigenvalue weighted by molar-refractivity contribution is 6.08. The van der Waals surface area contributed by atoms with E-state index in [4.69, 9.17) is 10.9 Å². The summed E-state index contributed by atoms with van der Waals surface area (Å²) in [7, 11) is 0. The predicted molar refractivity (Wildman–Crippen MR) is 80.0 cm³/mol. The van der Waals surface area contributed by atoms with Crippen molar-refractivity contribution in [3.8, 4) is 0 Å². The Hall–Kier alpha value is -2.82. The molecular formula is C16H14FN3O. The zero-order valence-corrected chi connectivity index (χ0v) is 11.2. The lowest BCUT2D eigenvalue weighted by Gasteiger charge is -2.07. The van der Waals surface area contributed by atoms with Crippen LogP contribution in [-0.2, 0) is 6.54 Å². The number of fused-ring (bicyclic) bond motifs is 1. The van der Waals surface area contributed by atoms with Crippen molar-refractivity contribution in [2.75, 3.05) is 0 Å². The van der Waals surface area contributed by atoms with Crippen LogP contribution < -0.4 is 5.73 Å². The van der Waals surface area contributed by atoms with Gasteiger partial charge in [0.25, 0.3) is 0 Å². The van der Waals surface area contributed by atoms with E-state index < -0.39 is 0 Å². The lowest BCUT2D eigenvalue weighted by molar-refractivity contribution is 0.318. The van der Waals surface area contributed by atoms with Gasteiger partial charge in [0.05, 0.1) is 0 Å². The SMILES string of the molecule is N/C(=N/O)c1cccc2c1ccn2Cc1cccc(F)c1. The van der Waals surface area contributed by atoms with Crippen LogP contribution in [0.2, 0.25) is 0 Å². The van der Waals surface area contributed by atoms with E-state index >= 15 is 0 Å². The molecule has 0 bridgehead atoms. The van der Waals surface area contributed by atoms with Crippen LogP contribution in [0.25, 0.3) is 10.9 Å². The van der Waals surface area contributed by atoms with Gasteiger partial charge in [-0.05, 0) is 29.8 Å². The fourth-order valence-corrected chi connectivity index (χ4v) is 2.47. The Morgan fingerprint density at radius 3 is 2.76 bits per heavy atom. The van der Waals surface area contributed by atoms with Crippen molar-refractivity contribution in [1.29, 1.82) is 0 Å². The minimum Gasteiger partial charge on any atom is -0.409 e. The summed E-state index contributed by atoms with van der Waals surface area (Å²) < 4.78 is 15.3. The maximum absolute atomic E-state index is 13.3. The molecular weight excluding hydrogens is 269 g/mol. The smallest absolute Gasteiger partial charge is 0.170 e. The van der Waals surface area contributed by atoms with Gasteiger partial charge in [-0.15, -0.1) is 0 Å². The molecule has 4 nitrogen and oxygen atoms in total. The van der Waals surface area contributed by atoms with Crippen molar-refractivity contribution < 1.29 is 9.60 Å². The number of hydrogen-bond donors (Lipinski definition) is 2. The molecule has 3 aromatic rings. The van der Waals surface area contributed by atoms with Crippen molar-refractivity contribution >= 4 is 16.7 Å². The van der Waals surface area contributed by atoms with Crippen LogP contribution in [0.15, 0.2) is 59.9 Å². The number of rotatable bonds is 3. The molecule has 0 saturated carbocycles. The van der Waals surface area contributed by atoms with E-state index in [1.54, 1.807) is 12.1 Å². The third-order valence-electron chi connectivity index (χ3n) is 3.44. The summed E-state index contributed by atoms with van der Waals surface area (Å²) in [5.74, 6) is -0.176. The molecule has 0 aliphatic carbocycles. The van der Waals surface area contributed by atoms with Crippen LogP contribution in [0.1, 0.15) is 11.1 Å². The molecule has 21 heavy (non-hydrogen) atoms. The van der Waals surface area contributed by atoms with E-state index in [1.807, 2.05) is 35.0 Å². The number of halogens is 1. The lowest BCUT2D eigenvalue weighted by atomic mass is 10.1. The Bertz CT molecular complexity index is 823. The Morgan fingerprint density at radius 2 is 2.00 bits per heavy atom. The fourth-order valence-electron chi connectivity index (χ4n) is 2.47. The predicted octanol–water partition coefficient (Wildman–Crippen LogP) is 2.92. The van der Waals surface area contributed by atoms with E-state index in [2.05, 4.69) is 5.16 Å². The average molecular weight is 283 g/mol. The van der Waals surface area contributed by atoms with Crippen molar-refractivity contribution in [3.63, 3.8) is 0 Å². The Balaban J connectivity index is 2.05. The maximum atomic E-state index is 13.3. The summed E-state index contributed by atoms with van der Waals surface area (Å²) in [4.78, 5) is 0. The second-order valence-electron chi connectivity index (χ2n) is 4.80. The van der Waals surface area contributed by atoms with Gasteiger partial charge in [0.2, 0.25) is 0 Å². The summed E-state index contributed by atoms with van der Waals surface area (Å²) in [6, 6.07) is 14.0. The molecule has 0 radical (unpaired) electrons. The Morgan fingerprint density at radius 1 is 1.19 bits per heavy atom. The quantitative estimate of drug-likeness (QED) is 0.336. The number of aromatic nitrogens is 1. The van der Waals surface area contributed by atoms with Gasteiger partial charge >= 0.3 is 0 Å². The average Bonchev–Trinajstić information content (AvgIpc) is 2.90. The van der Waals surface area contributed by atoms with Gasteiger partial charge in [-0.1, -0.05) is 29.4 Å². The molecule has 0 spiro atoms. The number of nitrogens with two attached hydrogens (primary N) is 1. The van der Waals surface area contributed by atoms with Crippen molar-refractivity contribution in [1.82, 2.24) is 4.57 Å². The van der Waals surface area contributed by atoms with Gasteiger partial charge in [-0.25, -0.2) is 4.39 Å². The van der Waals surface area contributed by atoms with Gasteiger partial charge in [-0.2, -0.15) is 0 Å². The fraction of sp³-hybridized carbons (Fsp3) is 0.0625. The Labute approximate surface area is 120 Å². The molecule has 2 aromatic carbocycles. The van der Waals surface area contributed by atoms with Crippen molar-refractivity contribution in [2.24, 2.45) is 10.9 Å². The minimum atomic E-state index is -0.249. The standard InChI is InChI=1S/C16H14FN3O/c17-12-4-1-3-11(9-12)10-20-8-7-13-14(16(18)19-21)5-2-6-15(13)20/h1-9,21H,10H2,(H2,18,19). The molecule has 3 N–H and O–H groups in total. The van der Waals surface area contributed by atoms with Crippen LogP contribution in [-0.4, -0.2) is 15.6 Å². The minimum absolute atomic E-state index is 0.0732. The first-order valence-corrected chi connectivity index (χ1v) is 6.49. The van der Waals surface area contributed by atoms with E-state index in [0.717, 1.165) is 16.5 Å². The molecule has 0 saturated heterocycles. The van der Waals surface area contributed by atoms with Crippen LogP contribution >= 0.6 is 0 Å². The molecule has 0 aliphatic rings. The maximum Gasteiger partial charge on any atom is 0.170 e. The number of hydrogen-bond acceptors (Lipinski definition) is 2. The number of nitrogens with zero attached hydrogens (tertiary/aromatic N) is 2. The van der Waals surface area contributed by atoms with Crippen LogP contribution in [0, 0.1) is 5.82 Å². The monoisotopic (exact) mass is 283 g/mol. The van der Waals surface area contributed by atoms with Crippen molar-refractivity contribution in [3.05, 3.63) is 71.7 Å². The van der Waals surface area contributed by atoms with Gasteiger partial charge in [0.1, 0.15) is 5.82 Å². The molecule has 0 aliphatic heterocycles. The molecule has 0 atom stereocenters. The van der Waals surface area contributed by atoms with E-state index in [-0.39, 0.29) is 11.7 Å². The number of benzene rings is 2. The summed E-state index contributed by atoms with van der Waals surface area (Å²) in [5, 5.41) is 12.8. The topological polar surface area (TPSA) is 63.5 Å². The summed E-state index contributed by atoms with van der Waals surface area (Å²) in [5.41, 5.74) is 8.18. The van der Waals surface area contributed by atoms with Gasteiger partial charge in [-0.3, -0.25) is 0 Å². The first-order chi connectivity index (χ1) is 10.2. The van der Waals surface area contributed by atoms with Crippen LogP contribution in [0.4, 0.5) is 4.39 Å². The lowest BCUT2D eigenvalue weighted by Crippen LogP contribution is -2.13. The zero-order valence-electron chi connectivity index (χ0n) is 11.2. The van der Waals surface area contributed by atoms with E-state index in [9.17, 15) is 4.39 Å².